The Bertz CT molecular complexity index is 764. The smallest absolute Gasteiger partial charge is 0.286 e. The summed E-state index contributed by atoms with van der Waals surface area (Å²) in [7, 11) is -3.86. The number of sulfonamides is 1. The Morgan fingerprint density at radius 3 is 2.48 bits per heavy atom. The number of nitrogens with zero attached hydrogens (tertiary/aromatic N) is 2. The quantitative estimate of drug-likeness (QED) is 0.613. The van der Waals surface area contributed by atoms with E-state index in [0.717, 1.165) is 4.47 Å². The summed E-state index contributed by atoms with van der Waals surface area (Å²) < 4.78 is 24.8. The molecule has 0 unspecified atom stereocenters. The largest absolute Gasteiger partial charge is 0.312 e. The van der Waals surface area contributed by atoms with Crippen LogP contribution in [0.15, 0.2) is 52.0 Å². The zero-order valence-corrected chi connectivity index (χ0v) is 12.8. The van der Waals surface area contributed by atoms with Crippen molar-refractivity contribution in [3.05, 3.63) is 57.2 Å². The number of aromatic nitrogens is 1. The lowest BCUT2D eigenvalue weighted by Crippen LogP contribution is -2.30. The molecule has 0 amide bonds. The minimum atomic E-state index is -3.86. The van der Waals surface area contributed by atoms with Crippen molar-refractivity contribution in [3.63, 3.8) is 0 Å². The van der Waals surface area contributed by atoms with Gasteiger partial charge in [-0.05, 0) is 30.3 Å². The molecule has 2 N–H and O–H groups in total. The minimum Gasteiger partial charge on any atom is -0.286 e. The molecule has 2 aromatic rings. The van der Waals surface area contributed by atoms with Crippen LogP contribution in [0.5, 0.6) is 0 Å². The van der Waals surface area contributed by atoms with Crippen LogP contribution in [0.25, 0.3) is 0 Å². The van der Waals surface area contributed by atoms with E-state index >= 15 is 0 Å². The van der Waals surface area contributed by atoms with Crippen molar-refractivity contribution in [3.8, 4) is 0 Å². The first kappa shape index (κ1) is 15.4. The fourth-order valence-corrected chi connectivity index (χ4v) is 2.54. The number of hydrazine groups is 1. The van der Waals surface area contributed by atoms with Gasteiger partial charge in [-0.1, -0.05) is 15.9 Å². The van der Waals surface area contributed by atoms with E-state index in [1.807, 2.05) is 4.83 Å². The summed E-state index contributed by atoms with van der Waals surface area (Å²) in [5.74, 6) is -0.191. The van der Waals surface area contributed by atoms with Crippen LogP contribution in [-0.4, -0.2) is 18.3 Å². The van der Waals surface area contributed by atoms with Gasteiger partial charge in [-0.25, -0.2) is 13.4 Å². The highest BCUT2D eigenvalue weighted by atomic mass is 79.9. The predicted octanol–water partition coefficient (Wildman–Crippen LogP) is 2.06. The lowest BCUT2D eigenvalue weighted by molar-refractivity contribution is -0.384. The molecular formula is C11H9BrN4O4S. The Labute approximate surface area is 128 Å². The number of nitrogens with one attached hydrogen (secondary N) is 2. The Morgan fingerprint density at radius 1 is 1.19 bits per heavy atom. The number of benzene rings is 1. The number of nitro groups is 1. The van der Waals surface area contributed by atoms with Gasteiger partial charge < -0.3 is 0 Å². The zero-order valence-electron chi connectivity index (χ0n) is 10.4. The van der Waals surface area contributed by atoms with Crippen molar-refractivity contribution in [1.29, 1.82) is 0 Å². The molecule has 21 heavy (non-hydrogen) atoms. The number of rotatable bonds is 5. The summed E-state index contributed by atoms with van der Waals surface area (Å²) in [5, 5.41) is 10.8. The van der Waals surface area contributed by atoms with E-state index in [1.165, 1.54) is 30.5 Å². The van der Waals surface area contributed by atoms with E-state index < -0.39 is 14.9 Å². The maximum Gasteiger partial charge on any atom is 0.312 e. The van der Waals surface area contributed by atoms with Crippen molar-refractivity contribution >= 4 is 37.5 Å². The number of halogens is 1. The molecule has 0 aliphatic heterocycles. The van der Waals surface area contributed by atoms with Gasteiger partial charge in [-0.15, -0.1) is 4.83 Å². The van der Waals surface area contributed by atoms with Crippen LogP contribution in [0.2, 0.25) is 0 Å². The number of anilines is 1. The van der Waals surface area contributed by atoms with Crippen molar-refractivity contribution in [2.75, 3.05) is 5.43 Å². The second-order valence-corrected chi connectivity index (χ2v) is 6.41. The van der Waals surface area contributed by atoms with Gasteiger partial charge in [0.05, 0.1) is 9.82 Å². The van der Waals surface area contributed by atoms with Crippen LogP contribution in [0.3, 0.4) is 0 Å². The average Bonchev–Trinajstić information content (AvgIpc) is 2.46. The van der Waals surface area contributed by atoms with Crippen molar-refractivity contribution < 1.29 is 13.3 Å². The molecule has 0 aliphatic carbocycles. The lowest BCUT2D eigenvalue weighted by atomic mass is 10.4. The Balaban J connectivity index is 2.19. The molecule has 8 nitrogen and oxygen atoms in total. The third-order valence-corrected chi connectivity index (χ3v) is 4.20. The molecule has 1 aromatic heterocycles. The van der Waals surface area contributed by atoms with Gasteiger partial charge in [-0.2, -0.15) is 0 Å². The summed E-state index contributed by atoms with van der Waals surface area (Å²) in [6, 6.07) is 8.51. The summed E-state index contributed by atoms with van der Waals surface area (Å²) in [4.78, 5) is 15.9. The van der Waals surface area contributed by atoms with E-state index in [2.05, 4.69) is 26.3 Å². The fraction of sp³-hybridized carbons (Fsp3) is 0. The highest BCUT2D eigenvalue weighted by Gasteiger charge is 2.18. The van der Waals surface area contributed by atoms with E-state index in [-0.39, 0.29) is 16.4 Å². The molecular weight excluding hydrogens is 364 g/mol. The first-order valence-electron chi connectivity index (χ1n) is 5.53. The minimum absolute atomic E-state index is 0.0109. The third kappa shape index (κ3) is 3.74. The Kier molecular flexibility index (Phi) is 4.50. The van der Waals surface area contributed by atoms with Crippen LogP contribution in [0, 0.1) is 10.1 Å². The molecule has 0 fully saturated rings. The van der Waals surface area contributed by atoms with Gasteiger partial charge in [0, 0.05) is 16.7 Å². The van der Waals surface area contributed by atoms with E-state index in [1.54, 1.807) is 12.1 Å². The molecule has 0 radical (unpaired) electrons. The predicted molar refractivity (Wildman–Crippen MR) is 79.0 cm³/mol. The number of hydrogen-bond acceptors (Lipinski definition) is 6. The molecule has 2 rings (SSSR count). The first-order chi connectivity index (χ1) is 9.90. The van der Waals surface area contributed by atoms with E-state index in [4.69, 9.17) is 0 Å². The molecule has 1 heterocycles. The number of hydrogen-bond donors (Lipinski definition) is 2. The van der Waals surface area contributed by atoms with Crippen molar-refractivity contribution in [2.45, 2.75) is 4.90 Å². The van der Waals surface area contributed by atoms with Gasteiger partial charge in [0.25, 0.3) is 10.0 Å². The second-order valence-electron chi connectivity index (χ2n) is 3.81. The molecule has 0 atom stereocenters. The van der Waals surface area contributed by atoms with Gasteiger partial charge >= 0.3 is 5.69 Å². The lowest BCUT2D eigenvalue weighted by Gasteiger charge is -2.08. The zero-order chi connectivity index (χ0) is 15.5. The topological polar surface area (TPSA) is 114 Å². The van der Waals surface area contributed by atoms with E-state index in [9.17, 15) is 18.5 Å². The Morgan fingerprint density at radius 2 is 1.86 bits per heavy atom. The summed E-state index contributed by atoms with van der Waals surface area (Å²) >= 11 is 3.20. The fourth-order valence-electron chi connectivity index (χ4n) is 1.43. The first-order valence-corrected chi connectivity index (χ1v) is 7.80. The molecule has 0 spiro atoms. The highest BCUT2D eigenvalue weighted by Crippen LogP contribution is 2.20. The van der Waals surface area contributed by atoms with Crippen LogP contribution < -0.4 is 10.3 Å². The third-order valence-electron chi connectivity index (χ3n) is 2.41. The normalized spacial score (nSPS) is 11.1. The molecule has 0 saturated heterocycles. The SMILES string of the molecule is O=[N+]([O-])c1cccnc1NNS(=O)(=O)c1ccc(Br)cc1. The maximum absolute atomic E-state index is 12.0. The maximum atomic E-state index is 12.0. The van der Waals surface area contributed by atoms with Crippen LogP contribution >= 0.6 is 15.9 Å². The summed E-state index contributed by atoms with van der Waals surface area (Å²) in [5.41, 5.74) is 1.91. The van der Waals surface area contributed by atoms with E-state index in [0.29, 0.717) is 0 Å². The number of pyridine rings is 1. The van der Waals surface area contributed by atoms with Gasteiger partial charge in [0.15, 0.2) is 0 Å². The van der Waals surface area contributed by atoms with Crippen LogP contribution in [0.1, 0.15) is 0 Å². The Hall–Kier alpha value is -2.04. The van der Waals surface area contributed by atoms with Crippen LogP contribution in [-0.2, 0) is 10.0 Å². The summed E-state index contributed by atoms with van der Waals surface area (Å²) in [6.45, 7) is 0. The monoisotopic (exact) mass is 372 g/mol. The van der Waals surface area contributed by atoms with Gasteiger partial charge in [0.1, 0.15) is 0 Å². The molecule has 1 aromatic carbocycles. The van der Waals surface area contributed by atoms with Crippen molar-refractivity contribution in [2.24, 2.45) is 0 Å². The average molecular weight is 373 g/mol. The highest BCUT2D eigenvalue weighted by molar-refractivity contribution is 9.10. The molecule has 10 heteroatoms. The molecule has 0 bridgehead atoms. The second kappa shape index (κ2) is 6.16. The molecule has 0 aliphatic rings. The van der Waals surface area contributed by atoms with Crippen LogP contribution in [0.4, 0.5) is 11.5 Å². The molecule has 110 valence electrons. The summed E-state index contributed by atoms with van der Waals surface area (Å²) in [6.07, 6.45) is 1.31. The molecule has 0 saturated carbocycles. The van der Waals surface area contributed by atoms with Gasteiger partial charge in [0.2, 0.25) is 5.82 Å². The standard InChI is InChI=1S/C11H9BrN4O4S/c12-8-3-5-9(6-4-8)21(19,20)15-14-11-10(16(17)18)2-1-7-13-11/h1-7,15H,(H,13,14). The van der Waals surface area contributed by atoms with Crippen molar-refractivity contribution in [1.82, 2.24) is 9.82 Å². The van der Waals surface area contributed by atoms with Gasteiger partial charge in [-0.3, -0.25) is 15.5 Å².